The van der Waals surface area contributed by atoms with Gasteiger partial charge in [-0.2, -0.15) is 0 Å². The Labute approximate surface area is 92.1 Å². The summed E-state index contributed by atoms with van der Waals surface area (Å²) in [6.45, 7) is 7.68. The summed E-state index contributed by atoms with van der Waals surface area (Å²) >= 11 is 0. The molecule has 0 radical (unpaired) electrons. The lowest BCUT2D eigenvalue weighted by atomic mass is 9.81. The van der Waals surface area contributed by atoms with Crippen LogP contribution in [0.1, 0.15) is 47.0 Å². The third-order valence-electron chi connectivity index (χ3n) is 3.05. The lowest BCUT2D eigenvalue weighted by molar-refractivity contribution is -0.191. The Balaban J connectivity index is 2.34. The number of hydrogen-bond acceptors (Lipinski definition) is 3. The zero-order valence-electron chi connectivity index (χ0n) is 10.2. The summed E-state index contributed by atoms with van der Waals surface area (Å²) < 4.78 is 10.7. The highest BCUT2D eigenvalue weighted by atomic mass is 16.7. The van der Waals surface area contributed by atoms with E-state index in [0.717, 1.165) is 12.3 Å². The fourth-order valence-electron chi connectivity index (χ4n) is 2.35. The van der Waals surface area contributed by atoms with Crippen molar-refractivity contribution in [2.75, 3.05) is 0 Å². The molecule has 0 aromatic rings. The first-order chi connectivity index (χ1) is 6.99. The third kappa shape index (κ3) is 4.20. The second kappa shape index (κ2) is 5.50. The minimum atomic E-state index is -0.414. The van der Waals surface area contributed by atoms with Crippen LogP contribution in [0.3, 0.4) is 0 Å². The van der Waals surface area contributed by atoms with E-state index in [9.17, 15) is 4.79 Å². The molecule has 4 atom stereocenters. The second-order valence-corrected chi connectivity index (χ2v) is 4.75. The van der Waals surface area contributed by atoms with E-state index >= 15 is 0 Å². The maximum Gasteiger partial charge on any atom is 0.304 e. The Kier molecular flexibility index (Phi) is 4.58. The Morgan fingerprint density at radius 2 is 2.00 bits per heavy atom. The van der Waals surface area contributed by atoms with Gasteiger partial charge in [0.25, 0.3) is 0 Å². The number of carbonyl (C=O) groups is 1. The molecule has 1 saturated carbocycles. The van der Waals surface area contributed by atoms with E-state index < -0.39 is 6.29 Å². The van der Waals surface area contributed by atoms with Crippen LogP contribution in [0.4, 0.5) is 0 Å². The first kappa shape index (κ1) is 12.5. The van der Waals surface area contributed by atoms with Gasteiger partial charge in [0.1, 0.15) is 0 Å². The average molecular weight is 214 g/mol. The Bertz CT molecular complexity index is 215. The van der Waals surface area contributed by atoms with Gasteiger partial charge in [0.15, 0.2) is 6.29 Å². The van der Waals surface area contributed by atoms with Gasteiger partial charge in [0, 0.05) is 6.92 Å². The van der Waals surface area contributed by atoms with Crippen molar-refractivity contribution in [2.24, 2.45) is 11.8 Å². The van der Waals surface area contributed by atoms with Crippen LogP contribution in [0, 0.1) is 11.8 Å². The van der Waals surface area contributed by atoms with Gasteiger partial charge in [-0.3, -0.25) is 4.79 Å². The number of carbonyl (C=O) groups excluding carboxylic acids is 1. The molecule has 1 aliphatic rings. The van der Waals surface area contributed by atoms with E-state index in [1.54, 1.807) is 6.92 Å². The maximum atomic E-state index is 10.7. The van der Waals surface area contributed by atoms with Crippen molar-refractivity contribution in [3.63, 3.8) is 0 Å². The predicted molar refractivity (Wildman–Crippen MR) is 58.3 cm³/mol. The van der Waals surface area contributed by atoms with Crippen LogP contribution >= 0.6 is 0 Å². The molecule has 4 unspecified atom stereocenters. The van der Waals surface area contributed by atoms with Crippen molar-refractivity contribution >= 4 is 5.97 Å². The first-order valence-corrected chi connectivity index (χ1v) is 5.81. The third-order valence-corrected chi connectivity index (χ3v) is 3.05. The molecule has 1 fully saturated rings. The molecule has 15 heavy (non-hydrogen) atoms. The molecule has 0 aromatic carbocycles. The fourth-order valence-corrected chi connectivity index (χ4v) is 2.35. The van der Waals surface area contributed by atoms with Crippen LogP contribution in [0.2, 0.25) is 0 Å². The summed E-state index contributed by atoms with van der Waals surface area (Å²) in [4.78, 5) is 10.7. The van der Waals surface area contributed by atoms with Gasteiger partial charge in [-0.05, 0) is 38.0 Å². The molecule has 0 bridgehead atoms. The fraction of sp³-hybridized carbons (Fsp3) is 0.917. The van der Waals surface area contributed by atoms with Crippen molar-refractivity contribution in [1.82, 2.24) is 0 Å². The molecule has 1 rings (SSSR count). The smallest absolute Gasteiger partial charge is 0.304 e. The summed E-state index contributed by atoms with van der Waals surface area (Å²) in [5.74, 6) is 1.08. The van der Waals surface area contributed by atoms with Crippen molar-refractivity contribution in [2.45, 2.75) is 59.4 Å². The number of esters is 1. The topological polar surface area (TPSA) is 35.5 Å². The quantitative estimate of drug-likeness (QED) is 0.535. The number of ether oxygens (including phenoxy) is 2. The number of hydrogen-bond donors (Lipinski definition) is 0. The maximum absolute atomic E-state index is 10.7. The molecule has 1 aliphatic carbocycles. The van der Waals surface area contributed by atoms with Crippen molar-refractivity contribution in [3.8, 4) is 0 Å². The van der Waals surface area contributed by atoms with Gasteiger partial charge in [-0.15, -0.1) is 0 Å². The molecule has 3 nitrogen and oxygen atoms in total. The summed E-state index contributed by atoms with van der Waals surface area (Å²) in [5.41, 5.74) is 0. The van der Waals surface area contributed by atoms with Gasteiger partial charge < -0.3 is 9.47 Å². The molecule has 0 heterocycles. The van der Waals surface area contributed by atoms with Crippen molar-refractivity contribution in [1.29, 1.82) is 0 Å². The zero-order valence-corrected chi connectivity index (χ0v) is 10.2. The Morgan fingerprint density at radius 3 is 2.53 bits per heavy atom. The SMILES string of the molecule is CC(=O)OC(C)OC1CCC(C)CC1C. The number of rotatable bonds is 3. The van der Waals surface area contributed by atoms with Crippen LogP contribution in [0.15, 0.2) is 0 Å². The average Bonchev–Trinajstić information content (AvgIpc) is 2.08. The minimum absolute atomic E-state index is 0.246. The highest BCUT2D eigenvalue weighted by Gasteiger charge is 2.27. The molecular weight excluding hydrogens is 192 g/mol. The normalized spacial score (nSPS) is 33.5. The van der Waals surface area contributed by atoms with Gasteiger partial charge in [-0.1, -0.05) is 13.8 Å². The molecule has 88 valence electrons. The van der Waals surface area contributed by atoms with Crippen LogP contribution in [-0.2, 0) is 14.3 Å². The van der Waals surface area contributed by atoms with Gasteiger partial charge >= 0.3 is 5.97 Å². The summed E-state index contributed by atoms with van der Waals surface area (Å²) in [5, 5.41) is 0. The van der Waals surface area contributed by atoms with Crippen LogP contribution in [0.25, 0.3) is 0 Å². The van der Waals surface area contributed by atoms with E-state index in [4.69, 9.17) is 9.47 Å². The summed E-state index contributed by atoms with van der Waals surface area (Å²) in [6.07, 6.45) is 3.33. The van der Waals surface area contributed by atoms with Crippen LogP contribution < -0.4 is 0 Å². The summed E-state index contributed by atoms with van der Waals surface area (Å²) in [6, 6.07) is 0. The lowest BCUT2D eigenvalue weighted by Gasteiger charge is -2.33. The first-order valence-electron chi connectivity index (χ1n) is 5.81. The monoisotopic (exact) mass is 214 g/mol. The van der Waals surface area contributed by atoms with E-state index in [1.807, 2.05) is 0 Å². The van der Waals surface area contributed by atoms with Crippen LogP contribution in [0.5, 0.6) is 0 Å². The Morgan fingerprint density at radius 1 is 1.33 bits per heavy atom. The second-order valence-electron chi connectivity index (χ2n) is 4.75. The summed E-state index contributed by atoms with van der Waals surface area (Å²) in [7, 11) is 0. The lowest BCUT2D eigenvalue weighted by Crippen LogP contribution is -2.33. The molecule has 3 heteroatoms. The van der Waals surface area contributed by atoms with E-state index in [0.29, 0.717) is 5.92 Å². The van der Waals surface area contributed by atoms with Gasteiger partial charge in [0.05, 0.1) is 6.10 Å². The van der Waals surface area contributed by atoms with E-state index in [2.05, 4.69) is 13.8 Å². The van der Waals surface area contributed by atoms with Crippen molar-refractivity contribution in [3.05, 3.63) is 0 Å². The molecule has 0 N–H and O–H groups in total. The van der Waals surface area contributed by atoms with Gasteiger partial charge in [0.2, 0.25) is 0 Å². The molecule has 0 amide bonds. The molecule has 0 spiro atoms. The largest absolute Gasteiger partial charge is 0.436 e. The van der Waals surface area contributed by atoms with Crippen molar-refractivity contribution < 1.29 is 14.3 Å². The highest BCUT2D eigenvalue weighted by molar-refractivity contribution is 5.65. The van der Waals surface area contributed by atoms with Crippen LogP contribution in [-0.4, -0.2) is 18.4 Å². The molecular formula is C12H22O3. The van der Waals surface area contributed by atoms with E-state index in [-0.39, 0.29) is 12.1 Å². The Hall–Kier alpha value is -0.570. The zero-order chi connectivity index (χ0) is 11.4. The molecule has 0 aromatic heterocycles. The predicted octanol–water partition coefficient (Wildman–Crippen LogP) is 2.74. The molecule has 0 aliphatic heterocycles. The highest BCUT2D eigenvalue weighted by Crippen LogP contribution is 2.31. The standard InChI is InChI=1S/C12H22O3/c1-8-5-6-12(9(2)7-8)15-11(4)14-10(3)13/h8-9,11-12H,5-7H2,1-4H3. The van der Waals surface area contributed by atoms with Gasteiger partial charge in [-0.25, -0.2) is 0 Å². The van der Waals surface area contributed by atoms with E-state index in [1.165, 1.54) is 19.8 Å². The molecule has 0 saturated heterocycles. The minimum Gasteiger partial charge on any atom is -0.436 e.